The molecule has 0 spiro atoms. The second kappa shape index (κ2) is 7.33. The van der Waals surface area contributed by atoms with Crippen LogP contribution in [-0.2, 0) is 16.4 Å². The third-order valence-electron chi connectivity index (χ3n) is 3.19. The van der Waals surface area contributed by atoms with E-state index in [1.807, 2.05) is 6.07 Å². The van der Waals surface area contributed by atoms with Gasteiger partial charge in [0.25, 0.3) is 0 Å². The van der Waals surface area contributed by atoms with Gasteiger partial charge in [0.1, 0.15) is 0 Å². The summed E-state index contributed by atoms with van der Waals surface area (Å²) in [7, 11) is -3.72. The highest BCUT2D eigenvalue weighted by Crippen LogP contribution is 2.12. The largest absolute Gasteiger partial charge is 0.392 e. The second-order valence-electron chi connectivity index (χ2n) is 4.91. The minimum absolute atomic E-state index is 0.0480. The van der Waals surface area contributed by atoms with E-state index in [1.165, 1.54) is 12.1 Å². The van der Waals surface area contributed by atoms with Crippen molar-refractivity contribution in [3.8, 4) is 6.07 Å². The van der Waals surface area contributed by atoms with Crippen molar-refractivity contribution in [1.82, 2.24) is 4.72 Å². The lowest BCUT2D eigenvalue weighted by atomic mass is 10.0. The van der Waals surface area contributed by atoms with Crippen LogP contribution in [-0.4, -0.2) is 19.4 Å². The first-order chi connectivity index (χ1) is 10.9. The lowest BCUT2D eigenvalue weighted by molar-refractivity contribution is 0.574. The van der Waals surface area contributed by atoms with Crippen LogP contribution in [0.3, 0.4) is 0 Å². The molecule has 1 atom stereocenters. The number of benzene rings is 2. The topological polar surface area (TPSA) is 96.0 Å². The van der Waals surface area contributed by atoms with E-state index in [2.05, 4.69) is 4.72 Å². The molecule has 5 nitrogen and oxygen atoms in total. The van der Waals surface area contributed by atoms with E-state index in [0.717, 1.165) is 5.56 Å². The molecule has 0 aliphatic rings. The quantitative estimate of drug-likeness (QED) is 0.777. The average Bonchev–Trinajstić information content (AvgIpc) is 2.55. The predicted octanol–water partition coefficient (Wildman–Crippen LogP) is 1.73. The van der Waals surface area contributed by atoms with Gasteiger partial charge in [0.15, 0.2) is 0 Å². The summed E-state index contributed by atoms with van der Waals surface area (Å²) in [6.07, 6.45) is 0.275. The third kappa shape index (κ3) is 4.60. The highest BCUT2D eigenvalue weighted by Gasteiger charge is 2.22. The van der Waals surface area contributed by atoms with Crippen molar-refractivity contribution in [3.63, 3.8) is 0 Å². The molecular weight excluding hydrogens is 330 g/mol. The maximum atomic E-state index is 12.4. The van der Waals surface area contributed by atoms with E-state index >= 15 is 0 Å². The Labute approximate surface area is 140 Å². The molecule has 0 amide bonds. The SMILES string of the molecule is N#Cc1cccc(CC(NS(=O)(=O)c2ccccc2)C(N)=S)c1. The van der Waals surface area contributed by atoms with E-state index < -0.39 is 16.1 Å². The lowest BCUT2D eigenvalue weighted by Gasteiger charge is -2.18. The lowest BCUT2D eigenvalue weighted by Crippen LogP contribution is -2.44. The summed E-state index contributed by atoms with van der Waals surface area (Å²) in [6, 6.07) is 16.2. The Bertz CT molecular complexity index is 843. The van der Waals surface area contributed by atoms with Gasteiger partial charge in [-0.2, -0.15) is 5.26 Å². The van der Waals surface area contributed by atoms with Crippen LogP contribution in [0, 0.1) is 11.3 Å². The Balaban J connectivity index is 2.23. The molecule has 0 saturated carbocycles. The molecule has 0 radical (unpaired) electrons. The number of nitrogens with zero attached hydrogens (tertiary/aromatic N) is 1. The Kier molecular flexibility index (Phi) is 5.45. The van der Waals surface area contributed by atoms with Crippen LogP contribution in [0.15, 0.2) is 59.5 Å². The zero-order valence-corrected chi connectivity index (χ0v) is 13.8. The number of hydrogen-bond donors (Lipinski definition) is 2. The van der Waals surface area contributed by atoms with Crippen molar-refractivity contribution in [2.75, 3.05) is 0 Å². The fourth-order valence-electron chi connectivity index (χ4n) is 2.06. The Morgan fingerprint density at radius 1 is 1.22 bits per heavy atom. The molecule has 1 unspecified atom stereocenters. The normalized spacial score (nSPS) is 12.3. The van der Waals surface area contributed by atoms with Gasteiger partial charge in [-0.25, -0.2) is 13.1 Å². The zero-order valence-electron chi connectivity index (χ0n) is 12.1. The number of rotatable bonds is 6. The molecule has 0 heterocycles. The van der Waals surface area contributed by atoms with E-state index in [0.29, 0.717) is 5.56 Å². The highest BCUT2D eigenvalue weighted by atomic mass is 32.2. The van der Waals surface area contributed by atoms with Gasteiger partial charge in [-0.3, -0.25) is 0 Å². The van der Waals surface area contributed by atoms with Gasteiger partial charge in [0.05, 0.1) is 27.6 Å². The van der Waals surface area contributed by atoms with Gasteiger partial charge in [-0.05, 0) is 36.2 Å². The fraction of sp³-hybridized carbons (Fsp3) is 0.125. The molecule has 0 bridgehead atoms. The molecule has 2 rings (SSSR count). The fourth-order valence-corrected chi connectivity index (χ4v) is 3.51. The highest BCUT2D eigenvalue weighted by molar-refractivity contribution is 7.89. The number of nitriles is 1. The summed E-state index contributed by atoms with van der Waals surface area (Å²) in [5.41, 5.74) is 6.95. The second-order valence-corrected chi connectivity index (χ2v) is 7.09. The van der Waals surface area contributed by atoms with Crippen molar-refractivity contribution in [3.05, 3.63) is 65.7 Å². The van der Waals surface area contributed by atoms with Crippen LogP contribution in [0.25, 0.3) is 0 Å². The van der Waals surface area contributed by atoms with E-state index in [-0.39, 0.29) is 16.3 Å². The van der Waals surface area contributed by atoms with Crippen LogP contribution in [0.4, 0.5) is 0 Å². The summed E-state index contributed by atoms with van der Waals surface area (Å²) in [5, 5.41) is 8.93. The summed E-state index contributed by atoms with van der Waals surface area (Å²) < 4.78 is 27.3. The number of sulfonamides is 1. The molecule has 3 N–H and O–H groups in total. The van der Waals surface area contributed by atoms with Crippen LogP contribution in [0.1, 0.15) is 11.1 Å². The van der Waals surface area contributed by atoms with Gasteiger partial charge in [0.2, 0.25) is 10.0 Å². The minimum Gasteiger partial charge on any atom is -0.392 e. The standard InChI is InChI=1S/C16H15N3O2S2/c17-11-13-6-4-5-12(9-13)10-15(16(18)22)19-23(20,21)14-7-2-1-3-8-14/h1-9,15,19H,10H2,(H2,18,22). The molecule has 2 aromatic carbocycles. The molecule has 0 saturated heterocycles. The van der Waals surface area contributed by atoms with Crippen LogP contribution < -0.4 is 10.5 Å². The molecule has 7 heteroatoms. The number of nitrogens with two attached hydrogens (primary N) is 1. The molecule has 0 aliphatic heterocycles. The van der Waals surface area contributed by atoms with Gasteiger partial charge in [0, 0.05) is 0 Å². The average molecular weight is 345 g/mol. The minimum atomic E-state index is -3.72. The molecule has 0 aromatic heterocycles. The third-order valence-corrected chi connectivity index (χ3v) is 4.96. The number of hydrogen-bond acceptors (Lipinski definition) is 4. The summed E-state index contributed by atoms with van der Waals surface area (Å²) >= 11 is 4.98. The molecule has 0 fully saturated rings. The molecular formula is C16H15N3O2S2. The van der Waals surface area contributed by atoms with Crippen LogP contribution in [0.5, 0.6) is 0 Å². The maximum Gasteiger partial charge on any atom is 0.241 e. The van der Waals surface area contributed by atoms with E-state index in [9.17, 15) is 8.42 Å². The summed E-state index contributed by atoms with van der Waals surface area (Å²) in [5.74, 6) is 0. The first kappa shape index (κ1) is 17.1. The Morgan fingerprint density at radius 3 is 2.52 bits per heavy atom. The first-order valence-corrected chi connectivity index (χ1v) is 8.67. The summed E-state index contributed by atoms with van der Waals surface area (Å²) in [4.78, 5) is 0.193. The monoisotopic (exact) mass is 345 g/mol. The Hall–Kier alpha value is -2.27. The van der Waals surface area contributed by atoms with Crippen molar-refractivity contribution in [2.45, 2.75) is 17.4 Å². The molecule has 2 aromatic rings. The Morgan fingerprint density at radius 2 is 1.91 bits per heavy atom. The van der Waals surface area contributed by atoms with Gasteiger partial charge >= 0.3 is 0 Å². The molecule has 23 heavy (non-hydrogen) atoms. The van der Waals surface area contributed by atoms with Crippen molar-refractivity contribution < 1.29 is 8.42 Å². The molecule has 0 aliphatic carbocycles. The van der Waals surface area contributed by atoms with Gasteiger partial charge in [-0.1, -0.05) is 42.5 Å². The number of nitrogens with one attached hydrogen (secondary N) is 1. The van der Waals surface area contributed by atoms with Crippen molar-refractivity contribution >= 4 is 27.2 Å². The van der Waals surface area contributed by atoms with Crippen molar-refractivity contribution in [2.24, 2.45) is 5.73 Å². The van der Waals surface area contributed by atoms with Gasteiger partial charge < -0.3 is 5.73 Å². The van der Waals surface area contributed by atoms with Crippen LogP contribution >= 0.6 is 12.2 Å². The van der Waals surface area contributed by atoms with Crippen molar-refractivity contribution in [1.29, 1.82) is 5.26 Å². The maximum absolute atomic E-state index is 12.4. The first-order valence-electron chi connectivity index (χ1n) is 6.78. The molecule has 118 valence electrons. The van der Waals surface area contributed by atoms with E-state index in [4.69, 9.17) is 23.2 Å². The predicted molar refractivity (Wildman–Crippen MR) is 92.2 cm³/mol. The van der Waals surface area contributed by atoms with E-state index in [1.54, 1.807) is 42.5 Å². The smallest absolute Gasteiger partial charge is 0.241 e. The number of thiocarbonyl (C=S) groups is 1. The zero-order chi connectivity index (χ0) is 16.9. The van der Waals surface area contributed by atoms with Crippen LogP contribution in [0.2, 0.25) is 0 Å². The summed E-state index contributed by atoms with van der Waals surface area (Å²) in [6.45, 7) is 0. The van der Waals surface area contributed by atoms with Gasteiger partial charge in [-0.15, -0.1) is 0 Å².